The van der Waals surface area contributed by atoms with Gasteiger partial charge in [-0.15, -0.1) is 6.58 Å². The molecule has 0 bridgehead atoms. The van der Waals surface area contributed by atoms with Crippen LogP contribution in [-0.2, 0) is 0 Å². The largest absolute Gasteiger partial charge is 0.456 e. The maximum Gasteiger partial charge on any atom is 0.174 e. The van der Waals surface area contributed by atoms with Crippen molar-refractivity contribution in [1.29, 1.82) is 0 Å². The summed E-state index contributed by atoms with van der Waals surface area (Å²) in [6.07, 6.45) is 2.33. The summed E-state index contributed by atoms with van der Waals surface area (Å²) >= 11 is 6.00. The van der Waals surface area contributed by atoms with E-state index in [1.54, 1.807) is 24.3 Å². The van der Waals surface area contributed by atoms with Crippen LogP contribution in [0.5, 0.6) is 11.5 Å². The van der Waals surface area contributed by atoms with Crippen LogP contribution in [-0.4, -0.2) is 5.78 Å². The normalized spacial score (nSPS) is 16.6. The Morgan fingerprint density at radius 1 is 1.20 bits per heavy atom. The number of fused-ring (bicyclic) bond motifs is 2. The molecule has 0 aromatic heterocycles. The van der Waals surface area contributed by atoms with Crippen molar-refractivity contribution in [2.75, 3.05) is 0 Å². The minimum atomic E-state index is -0.275. The maximum absolute atomic E-state index is 12.8. The van der Waals surface area contributed by atoms with Crippen LogP contribution in [0, 0.1) is 0 Å². The van der Waals surface area contributed by atoms with Gasteiger partial charge in [0.1, 0.15) is 11.5 Å². The number of allylic oxidation sites excluding steroid dienone is 1. The van der Waals surface area contributed by atoms with E-state index >= 15 is 0 Å². The van der Waals surface area contributed by atoms with Gasteiger partial charge in [0.15, 0.2) is 5.78 Å². The Hall–Kier alpha value is -2.06. The van der Waals surface area contributed by atoms with Gasteiger partial charge in [0.25, 0.3) is 0 Å². The summed E-state index contributed by atoms with van der Waals surface area (Å²) < 4.78 is 5.89. The van der Waals surface area contributed by atoms with Gasteiger partial charge in [0.2, 0.25) is 0 Å². The average molecular weight is 285 g/mol. The Kier molecular flexibility index (Phi) is 3.33. The van der Waals surface area contributed by atoms with E-state index < -0.39 is 0 Å². The SMILES string of the molecule is C=CCC1C(=O)c2cc(Cl)ccc2Oc2ccccc21. The Bertz CT molecular complexity index is 691. The molecule has 0 fully saturated rings. The molecule has 0 amide bonds. The number of Topliss-reactive ketones (excluding diaryl/α,β-unsaturated/α-hetero) is 1. The first-order valence-electron chi connectivity index (χ1n) is 6.42. The Balaban J connectivity index is 2.21. The topological polar surface area (TPSA) is 26.3 Å². The second-order valence-electron chi connectivity index (χ2n) is 4.72. The quantitative estimate of drug-likeness (QED) is 0.726. The highest BCUT2D eigenvalue weighted by Gasteiger charge is 2.30. The van der Waals surface area contributed by atoms with E-state index in [-0.39, 0.29) is 11.7 Å². The number of benzene rings is 2. The number of ether oxygens (including phenoxy) is 1. The molecule has 1 atom stereocenters. The van der Waals surface area contributed by atoms with Gasteiger partial charge in [-0.25, -0.2) is 0 Å². The zero-order valence-electron chi connectivity index (χ0n) is 10.8. The van der Waals surface area contributed by atoms with Crippen LogP contribution in [0.1, 0.15) is 28.3 Å². The lowest BCUT2D eigenvalue weighted by atomic mass is 9.88. The number of hydrogen-bond donors (Lipinski definition) is 0. The highest BCUT2D eigenvalue weighted by molar-refractivity contribution is 6.31. The van der Waals surface area contributed by atoms with Gasteiger partial charge in [-0.2, -0.15) is 0 Å². The molecule has 2 aromatic rings. The molecule has 1 aliphatic rings. The lowest BCUT2D eigenvalue weighted by Gasteiger charge is -2.13. The summed E-state index contributed by atoms with van der Waals surface area (Å²) in [4.78, 5) is 12.8. The molecular formula is C17H13ClO2. The summed E-state index contributed by atoms with van der Waals surface area (Å²) in [5.41, 5.74) is 1.42. The number of para-hydroxylation sites is 1. The smallest absolute Gasteiger partial charge is 0.174 e. The Morgan fingerprint density at radius 3 is 2.80 bits per heavy atom. The number of halogens is 1. The zero-order chi connectivity index (χ0) is 14.1. The number of carbonyl (C=O) groups excluding carboxylic acids is 1. The van der Waals surface area contributed by atoms with Crippen molar-refractivity contribution in [1.82, 2.24) is 0 Å². The Labute approximate surface area is 122 Å². The lowest BCUT2D eigenvalue weighted by Crippen LogP contribution is -2.11. The predicted molar refractivity (Wildman–Crippen MR) is 79.9 cm³/mol. The van der Waals surface area contributed by atoms with Crippen LogP contribution in [0.25, 0.3) is 0 Å². The third-order valence-electron chi connectivity index (χ3n) is 3.44. The molecule has 2 nitrogen and oxygen atoms in total. The average Bonchev–Trinajstić information content (AvgIpc) is 2.57. The third kappa shape index (κ3) is 2.12. The molecule has 100 valence electrons. The van der Waals surface area contributed by atoms with Crippen molar-refractivity contribution in [3.63, 3.8) is 0 Å². The molecule has 0 spiro atoms. The summed E-state index contributed by atoms with van der Waals surface area (Å²) in [7, 11) is 0. The standard InChI is InChI=1S/C17H13ClO2/c1-2-5-13-12-6-3-4-7-15(12)20-16-9-8-11(18)10-14(16)17(13)19/h2-4,6-10,13H,1,5H2. The minimum absolute atomic E-state index is 0.0207. The Morgan fingerprint density at radius 2 is 2.00 bits per heavy atom. The van der Waals surface area contributed by atoms with Gasteiger partial charge in [0, 0.05) is 10.6 Å². The van der Waals surface area contributed by atoms with Crippen molar-refractivity contribution in [3.05, 3.63) is 71.3 Å². The first-order chi connectivity index (χ1) is 9.70. The fraction of sp³-hybridized carbons (Fsp3) is 0.118. The van der Waals surface area contributed by atoms with Gasteiger partial charge < -0.3 is 4.74 Å². The lowest BCUT2D eigenvalue weighted by molar-refractivity contribution is 0.0961. The summed E-state index contributed by atoms with van der Waals surface area (Å²) in [6.45, 7) is 3.75. The van der Waals surface area contributed by atoms with E-state index in [4.69, 9.17) is 16.3 Å². The second-order valence-corrected chi connectivity index (χ2v) is 5.16. The molecule has 0 saturated carbocycles. The van der Waals surface area contributed by atoms with Crippen molar-refractivity contribution >= 4 is 17.4 Å². The number of rotatable bonds is 2. The number of hydrogen-bond acceptors (Lipinski definition) is 2. The van der Waals surface area contributed by atoms with Crippen LogP contribution in [0.3, 0.4) is 0 Å². The van der Waals surface area contributed by atoms with Gasteiger partial charge in [-0.1, -0.05) is 35.9 Å². The molecule has 2 aromatic carbocycles. The summed E-state index contributed by atoms with van der Waals surface area (Å²) in [6, 6.07) is 12.7. The van der Waals surface area contributed by atoms with Gasteiger partial charge in [-0.3, -0.25) is 4.79 Å². The van der Waals surface area contributed by atoms with Crippen molar-refractivity contribution in [3.8, 4) is 11.5 Å². The van der Waals surface area contributed by atoms with E-state index in [0.29, 0.717) is 28.5 Å². The van der Waals surface area contributed by atoms with E-state index in [2.05, 4.69) is 6.58 Å². The highest BCUT2D eigenvalue weighted by Crippen LogP contribution is 2.41. The van der Waals surface area contributed by atoms with Crippen molar-refractivity contribution < 1.29 is 9.53 Å². The molecule has 1 unspecified atom stereocenters. The van der Waals surface area contributed by atoms with Crippen molar-refractivity contribution in [2.45, 2.75) is 12.3 Å². The van der Waals surface area contributed by atoms with E-state index in [0.717, 1.165) is 5.56 Å². The molecule has 0 radical (unpaired) electrons. The van der Waals surface area contributed by atoms with Crippen LogP contribution >= 0.6 is 11.6 Å². The molecule has 0 saturated heterocycles. The van der Waals surface area contributed by atoms with Gasteiger partial charge in [-0.05, 0) is 30.7 Å². The zero-order valence-corrected chi connectivity index (χ0v) is 11.6. The number of carbonyl (C=O) groups is 1. The minimum Gasteiger partial charge on any atom is -0.456 e. The fourth-order valence-electron chi connectivity index (χ4n) is 2.49. The third-order valence-corrected chi connectivity index (χ3v) is 3.68. The summed E-state index contributed by atoms with van der Waals surface area (Å²) in [5.74, 6) is 1.02. The van der Waals surface area contributed by atoms with Crippen LogP contribution in [0.15, 0.2) is 55.1 Å². The fourth-order valence-corrected chi connectivity index (χ4v) is 2.67. The van der Waals surface area contributed by atoms with Gasteiger partial charge in [0.05, 0.1) is 11.5 Å². The molecule has 0 N–H and O–H groups in total. The predicted octanol–water partition coefficient (Wildman–Crippen LogP) is 4.99. The molecule has 0 aliphatic carbocycles. The first kappa shape index (κ1) is 12.9. The highest BCUT2D eigenvalue weighted by atomic mass is 35.5. The second kappa shape index (κ2) is 5.14. The molecule has 1 aliphatic heterocycles. The van der Waals surface area contributed by atoms with Crippen LogP contribution in [0.4, 0.5) is 0 Å². The van der Waals surface area contributed by atoms with Crippen LogP contribution in [0.2, 0.25) is 5.02 Å². The van der Waals surface area contributed by atoms with Crippen LogP contribution < -0.4 is 4.74 Å². The van der Waals surface area contributed by atoms with E-state index in [9.17, 15) is 4.79 Å². The molecule has 1 heterocycles. The monoisotopic (exact) mass is 284 g/mol. The number of ketones is 1. The maximum atomic E-state index is 12.8. The van der Waals surface area contributed by atoms with E-state index in [1.807, 2.05) is 24.3 Å². The molecule has 3 rings (SSSR count). The molecule has 3 heteroatoms. The molecular weight excluding hydrogens is 272 g/mol. The molecule has 20 heavy (non-hydrogen) atoms. The summed E-state index contributed by atoms with van der Waals surface area (Å²) in [5, 5.41) is 0.531. The first-order valence-corrected chi connectivity index (χ1v) is 6.80. The van der Waals surface area contributed by atoms with Crippen molar-refractivity contribution in [2.24, 2.45) is 0 Å². The van der Waals surface area contributed by atoms with E-state index in [1.165, 1.54) is 0 Å². The van der Waals surface area contributed by atoms with Gasteiger partial charge >= 0.3 is 0 Å².